The average molecular weight is 525 g/mol. The lowest BCUT2D eigenvalue weighted by Gasteiger charge is -2.24. The molecule has 1 aromatic carbocycles. The summed E-state index contributed by atoms with van der Waals surface area (Å²) in [6, 6.07) is 7.17. The molecular weight excluding hydrogens is 490 g/mol. The molecule has 0 amide bonds. The highest BCUT2D eigenvalue weighted by atomic mass is 19.4. The first-order chi connectivity index (χ1) is 16.6. The van der Waals surface area contributed by atoms with Gasteiger partial charge in [0, 0.05) is 24.3 Å². The first-order valence-electron chi connectivity index (χ1n) is 12.0. The Balaban J connectivity index is 2.59. The van der Waals surface area contributed by atoms with Crippen LogP contribution in [0.3, 0.4) is 0 Å². The van der Waals surface area contributed by atoms with E-state index in [2.05, 4.69) is 0 Å². The third-order valence-corrected chi connectivity index (χ3v) is 6.73. The molecule has 0 N–H and O–H groups in total. The highest BCUT2D eigenvalue weighted by Crippen LogP contribution is 2.47. The second kappa shape index (κ2) is 9.14. The van der Waals surface area contributed by atoms with Crippen LogP contribution in [0.1, 0.15) is 69.4 Å². The number of rotatable bonds is 2. The molecule has 0 unspecified atom stereocenters. The Morgan fingerprint density at radius 2 is 0.892 bits per heavy atom. The maximum absolute atomic E-state index is 14.4. The number of aryl methyl sites for hydroxylation is 2. The maximum atomic E-state index is 14.4. The van der Waals surface area contributed by atoms with Crippen LogP contribution in [-0.4, -0.2) is 0 Å². The largest absolute Gasteiger partial charge is 0.417 e. The van der Waals surface area contributed by atoms with Crippen molar-refractivity contribution >= 4 is 0 Å². The van der Waals surface area contributed by atoms with Gasteiger partial charge in [0.1, 0.15) is 14.1 Å². The van der Waals surface area contributed by atoms with Crippen LogP contribution in [-0.2, 0) is 37.3 Å². The van der Waals surface area contributed by atoms with E-state index >= 15 is 0 Å². The van der Waals surface area contributed by atoms with Gasteiger partial charge in [-0.15, -0.1) is 0 Å². The molecule has 2 heterocycles. The van der Waals surface area contributed by atoms with Crippen molar-refractivity contribution < 1.29 is 35.5 Å². The Kier molecular flexibility index (Phi) is 7.08. The minimum atomic E-state index is -5.00. The van der Waals surface area contributed by atoms with E-state index in [1.165, 1.54) is 16.1 Å². The van der Waals surface area contributed by atoms with E-state index in [1.807, 2.05) is 53.7 Å². The highest BCUT2D eigenvalue weighted by Gasteiger charge is 2.45. The van der Waals surface area contributed by atoms with Crippen molar-refractivity contribution in [3.63, 3.8) is 0 Å². The minimum Gasteiger partial charge on any atom is -0.201 e. The van der Waals surface area contributed by atoms with E-state index in [-0.39, 0.29) is 45.0 Å². The van der Waals surface area contributed by atoms with Crippen molar-refractivity contribution in [1.29, 1.82) is 0 Å². The SMILES string of the molecule is Cc1c(-c2cc(C(C)(C)C)cc[n+]2C)c(C(F)(F)F)cc(C(F)(F)F)c1-c1cc(C(C)(C)C)cc[n+]1C. The van der Waals surface area contributed by atoms with Crippen molar-refractivity contribution in [3.8, 4) is 22.5 Å². The van der Waals surface area contributed by atoms with Crippen molar-refractivity contribution in [1.82, 2.24) is 0 Å². The lowest BCUT2D eigenvalue weighted by molar-refractivity contribution is -0.660. The van der Waals surface area contributed by atoms with Gasteiger partial charge in [0.2, 0.25) is 11.4 Å². The van der Waals surface area contributed by atoms with Gasteiger partial charge in [-0.25, -0.2) is 9.13 Å². The standard InChI is InChI=1S/C29H34F6N2/c1-17-24(22-14-18(26(2,3)4)10-12-36(22)8)20(28(30,31)32)16-21(29(33,34)35)25(17)23-15-19(27(5,6)7)11-13-37(23)9/h10-16H,1-9H3/q+2. The van der Waals surface area contributed by atoms with Gasteiger partial charge in [-0.05, 0) is 40.5 Å². The monoisotopic (exact) mass is 524 g/mol. The molecule has 0 fully saturated rings. The molecule has 2 nitrogen and oxygen atoms in total. The van der Waals surface area contributed by atoms with E-state index in [4.69, 9.17) is 0 Å². The molecule has 0 saturated carbocycles. The predicted octanol–water partition coefficient (Wildman–Crippen LogP) is 7.61. The van der Waals surface area contributed by atoms with Crippen molar-refractivity contribution in [2.75, 3.05) is 0 Å². The first kappa shape index (κ1) is 28.7. The quantitative estimate of drug-likeness (QED) is 0.241. The smallest absolute Gasteiger partial charge is 0.201 e. The average Bonchev–Trinajstić information content (AvgIpc) is 2.71. The van der Waals surface area contributed by atoms with Crippen LogP contribution in [0.5, 0.6) is 0 Å². The Bertz CT molecular complexity index is 1240. The molecule has 0 spiro atoms. The van der Waals surface area contributed by atoms with E-state index in [0.717, 1.165) is 11.1 Å². The van der Waals surface area contributed by atoms with E-state index in [9.17, 15) is 26.3 Å². The zero-order valence-corrected chi connectivity index (χ0v) is 22.7. The molecule has 0 aliphatic heterocycles. The van der Waals surface area contributed by atoms with Crippen molar-refractivity contribution in [2.24, 2.45) is 14.1 Å². The molecule has 2 aromatic heterocycles. The number of pyridine rings is 2. The van der Waals surface area contributed by atoms with Crippen LogP contribution in [0.2, 0.25) is 0 Å². The number of hydrogen-bond acceptors (Lipinski definition) is 0. The molecule has 8 heteroatoms. The summed E-state index contributed by atoms with van der Waals surface area (Å²) in [5, 5.41) is 0. The number of halogens is 6. The lowest BCUT2D eigenvalue weighted by atomic mass is 9.83. The zero-order chi connectivity index (χ0) is 28.3. The third-order valence-electron chi connectivity index (χ3n) is 6.73. The highest BCUT2D eigenvalue weighted by molar-refractivity contribution is 5.80. The summed E-state index contributed by atoms with van der Waals surface area (Å²) in [5.74, 6) is 0. The number of alkyl halides is 6. The molecular formula is C29H34F6N2+2. The van der Waals surface area contributed by atoms with Gasteiger partial charge < -0.3 is 0 Å². The van der Waals surface area contributed by atoms with Gasteiger partial charge in [0.05, 0.1) is 22.3 Å². The summed E-state index contributed by atoms with van der Waals surface area (Å²) in [5.41, 5.74) is -2.03. The minimum absolute atomic E-state index is 0.0783. The Hall–Kier alpha value is -2.90. The van der Waals surface area contributed by atoms with Crippen LogP contribution < -0.4 is 9.13 Å². The Morgan fingerprint density at radius 1 is 0.568 bits per heavy atom. The molecule has 3 aromatic rings. The van der Waals surface area contributed by atoms with Gasteiger partial charge in [-0.2, -0.15) is 26.3 Å². The van der Waals surface area contributed by atoms with Crippen molar-refractivity contribution in [3.05, 3.63) is 70.5 Å². The topological polar surface area (TPSA) is 7.76 Å². The summed E-state index contributed by atoms with van der Waals surface area (Å²) in [6.45, 7) is 12.9. The van der Waals surface area contributed by atoms with Gasteiger partial charge in [-0.3, -0.25) is 0 Å². The second-order valence-electron chi connectivity index (χ2n) is 11.7. The molecule has 0 bridgehead atoms. The third kappa shape index (κ3) is 5.68. The van der Waals surface area contributed by atoms with E-state index in [0.29, 0.717) is 0 Å². The fourth-order valence-corrected chi connectivity index (χ4v) is 4.49. The number of nitrogens with zero attached hydrogens (tertiary/aromatic N) is 2. The zero-order valence-electron chi connectivity index (χ0n) is 22.7. The van der Waals surface area contributed by atoms with E-state index in [1.54, 1.807) is 38.6 Å². The normalized spacial score (nSPS) is 13.3. The Morgan fingerprint density at radius 3 is 1.16 bits per heavy atom. The molecule has 0 aliphatic rings. The number of aromatic nitrogens is 2. The maximum Gasteiger partial charge on any atom is 0.417 e. The first-order valence-corrected chi connectivity index (χ1v) is 12.0. The molecule has 0 atom stereocenters. The van der Waals surface area contributed by atoms with Gasteiger partial charge in [-0.1, -0.05) is 41.5 Å². The fourth-order valence-electron chi connectivity index (χ4n) is 4.49. The van der Waals surface area contributed by atoms with Crippen LogP contribution in [0, 0.1) is 6.92 Å². The number of benzene rings is 1. The molecule has 0 saturated heterocycles. The van der Waals surface area contributed by atoms with E-state index < -0.39 is 23.5 Å². The van der Waals surface area contributed by atoms with Gasteiger partial charge >= 0.3 is 12.4 Å². The van der Waals surface area contributed by atoms with Crippen molar-refractivity contribution in [2.45, 2.75) is 71.6 Å². The predicted molar refractivity (Wildman–Crippen MR) is 132 cm³/mol. The van der Waals surface area contributed by atoms with Crippen LogP contribution in [0.4, 0.5) is 26.3 Å². The van der Waals surface area contributed by atoms with Gasteiger partial charge in [0.15, 0.2) is 12.4 Å². The lowest BCUT2D eigenvalue weighted by Crippen LogP contribution is -2.34. The summed E-state index contributed by atoms with van der Waals surface area (Å²) in [6.07, 6.45) is -6.71. The molecule has 200 valence electrons. The van der Waals surface area contributed by atoms with Gasteiger partial charge in [0.25, 0.3) is 0 Å². The molecule has 0 radical (unpaired) electrons. The Labute approximate surface area is 214 Å². The molecule has 0 aliphatic carbocycles. The number of hydrogen-bond donors (Lipinski definition) is 0. The van der Waals surface area contributed by atoms with Crippen LogP contribution in [0.15, 0.2) is 42.7 Å². The summed E-state index contributed by atoms with van der Waals surface area (Å²) < 4.78 is 89.4. The molecule has 3 rings (SSSR count). The van der Waals surface area contributed by atoms with Crippen LogP contribution >= 0.6 is 0 Å². The van der Waals surface area contributed by atoms with Crippen LogP contribution in [0.25, 0.3) is 22.5 Å². The fraction of sp³-hybridized carbons (Fsp3) is 0.448. The molecule has 37 heavy (non-hydrogen) atoms. The summed E-state index contributed by atoms with van der Waals surface area (Å²) >= 11 is 0. The summed E-state index contributed by atoms with van der Waals surface area (Å²) in [7, 11) is 3.19. The summed E-state index contributed by atoms with van der Waals surface area (Å²) in [4.78, 5) is 0. The second-order valence-corrected chi connectivity index (χ2v) is 11.7.